The van der Waals surface area contributed by atoms with E-state index in [4.69, 9.17) is 5.11 Å². The quantitative estimate of drug-likeness (QED) is 0.753. The van der Waals surface area contributed by atoms with E-state index < -0.39 is 0 Å². The van der Waals surface area contributed by atoms with Gasteiger partial charge in [0.25, 0.3) is 0 Å². The fraction of sp³-hybridized carbons (Fsp3) is 0.588. The monoisotopic (exact) mass is 290 g/mol. The van der Waals surface area contributed by atoms with Crippen LogP contribution in [0, 0.1) is 5.41 Å². The molecule has 4 nitrogen and oxygen atoms in total. The molecule has 3 N–H and O–H groups in total. The summed E-state index contributed by atoms with van der Waals surface area (Å²) in [6.07, 6.45) is 4.45. The van der Waals surface area contributed by atoms with Crippen LogP contribution < -0.4 is 10.6 Å². The zero-order valence-corrected chi connectivity index (χ0v) is 12.8. The second kappa shape index (κ2) is 7.57. The normalized spacial score (nSPS) is 22.0. The number of nitrogens with one attached hydrogen (secondary N) is 2. The molecule has 1 heterocycles. The third-order valence-corrected chi connectivity index (χ3v) is 4.44. The molecule has 1 fully saturated rings. The summed E-state index contributed by atoms with van der Waals surface area (Å²) < 4.78 is 0. The number of rotatable bonds is 6. The first-order chi connectivity index (χ1) is 10.2. The predicted molar refractivity (Wildman–Crippen MR) is 85.3 cm³/mol. The highest BCUT2D eigenvalue weighted by molar-refractivity contribution is 5.95. The van der Waals surface area contributed by atoms with Crippen molar-refractivity contribution in [2.75, 3.05) is 25.0 Å². The van der Waals surface area contributed by atoms with Gasteiger partial charge in [0.2, 0.25) is 5.91 Å². The van der Waals surface area contributed by atoms with Crippen LogP contribution in [0.3, 0.4) is 0 Å². The molecule has 1 aromatic rings. The van der Waals surface area contributed by atoms with Crippen molar-refractivity contribution >= 4 is 11.6 Å². The number of anilines is 1. The van der Waals surface area contributed by atoms with E-state index in [0.717, 1.165) is 56.4 Å². The van der Waals surface area contributed by atoms with Crippen LogP contribution in [-0.4, -0.2) is 30.7 Å². The smallest absolute Gasteiger partial charge is 0.231 e. The van der Waals surface area contributed by atoms with Crippen LogP contribution in [0.1, 0.15) is 38.2 Å². The molecule has 0 bridgehead atoms. The molecule has 0 aromatic heterocycles. The summed E-state index contributed by atoms with van der Waals surface area (Å²) >= 11 is 0. The molecule has 1 unspecified atom stereocenters. The molecule has 1 saturated heterocycles. The van der Waals surface area contributed by atoms with E-state index in [0.29, 0.717) is 0 Å². The third kappa shape index (κ3) is 4.05. The van der Waals surface area contributed by atoms with Gasteiger partial charge in [0.05, 0.1) is 5.41 Å². The van der Waals surface area contributed by atoms with Crippen molar-refractivity contribution in [2.24, 2.45) is 5.41 Å². The van der Waals surface area contributed by atoms with Gasteiger partial charge in [0.1, 0.15) is 0 Å². The van der Waals surface area contributed by atoms with Gasteiger partial charge < -0.3 is 15.7 Å². The summed E-state index contributed by atoms with van der Waals surface area (Å²) in [5.74, 6) is 0.122. The SMILES string of the molecule is CCC1(C(=O)Nc2cccc(CCCO)c2)CCCNC1. The van der Waals surface area contributed by atoms with Gasteiger partial charge in [-0.3, -0.25) is 4.79 Å². The average molecular weight is 290 g/mol. The molecule has 1 atom stereocenters. The Kier molecular flexibility index (Phi) is 5.76. The maximum Gasteiger partial charge on any atom is 0.231 e. The predicted octanol–water partition coefficient (Wildman–Crippen LogP) is 2.33. The number of hydrogen-bond acceptors (Lipinski definition) is 3. The van der Waals surface area contributed by atoms with Crippen LogP contribution in [0.25, 0.3) is 0 Å². The number of carbonyl (C=O) groups is 1. The van der Waals surface area contributed by atoms with Crippen LogP contribution in [0.2, 0.25) is 0 Å². The molecule has 0 aliphatic carbocycles. The number of hydrogen-bond donors (Lipinski definition) is 3. The number of aliphatic hydroxyl groups is 1. The van der Waals surface area contributed by atoms with Crippen molar-refractivity contribution in [1.82, 2.24) is 5.32 Å². The van der Waals surface area contributed by atoms with Gasteiger partial charge >= 0.3 is 0 Å². The molecule has 1 amide bonds. The molecule has 4 heteroatoms. The van der Waals surface area contributed by atoms with Crippen LogP contribution in [0.5, 0.6) is 0 Å². The van der Waals surface area contributed by atoms with Gasteiger partial charge in [0.15, 0.2) is 0 Å². The van der Waals surface area contributed by atoms with Crippen LogP contribution in [0.15, 0.2) is 24.3 Å². The van der Waals surface area contributed by atoms with Gasteiger partial charge in [-0.25, -0.2) is 0 Å². The highest BCUT2D eigenvalue weighted by Crippen LogP contribution is 2.31. The number of amides is 1. The molecule has 2 rings (SSSR count). The molecular formula is C17H26N2O2. The molecule has 116 valence electrons. The Bertz CT molecular complexity index is 468. The van der Waals surface area contributed by atoms with Crippen molar-refractivity contribution < 1.29 is 9.90 Å². The lowest BCUT2D eigenvalue weighted by atomic mass is 9.77. The van der Waals surface area contributed by atoms with Gasteiger partial charge in [-0.1, -0.05) is 19.1 Å². The molecular weight excluding hydrogens is 264 g/mol. The third-order valence-electron chi connectivity index (χ3n) is 4.44. The molecule has 1 aliphatic rings. The van der Waals surface area contributed by atoms with Crippen LogP contribution in [0.4, 0.5) is 5.69 Å². The Hall–Kier alpha value is -1.39. The van der Waals surface area contributed by atoms with E-state index >= 15 is 0 Å². The number of aliphatic hydroxyl groups excluding tert-OH is 1. The molecule has 0 radical (unpaired) electrons. The van der Waals surface area contributed by atoms with E-state index in [1.165, 1.54) is 0 Å². The van der Waals surface area contributed by atoms with E-state index in [2.05, 4.69) is 17.6 Å². The summed E-state index contributed by atoms with van der Waals surface area (Å²) in [5, 5.41) is 15.3. The number of carbonyl (C=O) groups excluding carboxylic acids is 1. The number of benzene rings is 1. The first-order valence-electron chi connectivity index (χ1n) is 7.92. The zero-order chi connectivity index (χ0) is 15.1. The van der Waals surface area contributed by atoms with Gasteiger partial charge in [-0.15, -0.1) is 0 Å². The maximum absolute atomic E-state index is 12.7. The summed E-state index contributed by atoms with van der Waals surface area (Å²) in [5.41, 5.74) is 1.72. The van der Waals surface area contributed by atoms with Crippen molar-refractivity contribution in [3.05, 3.63) is 29.8 Å². The first-order valence-corrected chi connectivity index (χ1v) is 7.92. The first kappa shape index (κ1) is 16.0. The lowest BCUT2D eigenvalue weighted by Gasteiger charge is -2.35. The summed E-state index contributed by atoms with van der Waals surface area (Å²) in [6, 6.07) is 7.93. The average Bonchev–Trinajstić information content (AvgIpc) is 2.54. The molecule has 0 saturated carbocycles. The highest BCUT2D eigenvalue weighted by atomic mass is 16.2. The topological polar surface area (TPSA) is 61.4 Å². The Balaban J connectivity index is 2.04. The molecule has 21 heavy (non-hydrogen) atoms. The summed E-state index contributed by atoms with van der Waals surface area (Å²) in [4.78, 5) is 12.7. The van der Waals surface area contributed by atoms with Crippen molar-refractivity contribution in [2.45, 2.75) is 39.0 Å². The Morgan fingerprint density at radius 2 is 2.33 bits per heavy atom. The lowest BCUT2D eigenvalue weighted by molar-refractivity contribution is -0.126. The van der Waals surface area contributed by atoms with Gasteiger partial charge in [-0.2, -0.15) is 0 Å². The Morgan fingerprint density at radius 3 is 3.00 bits per heavy atom. The van der Waals surface area contributed by atoms with Crippen molar-refractivity contribution in [3.8, 4) is 0 Å². The maximum atomic E-state index is 12.7. The Labute approximate surface area is 126 Å². The standard InChI is InChI=1S/C17H26N2O2/c1-2-17(9-5-10-18-13-17)16(21)19-15-8-3-6-14(12-15)7-4-11-20/h3,6,8,12,18,20H,2,4-5,7,9-11,13H2,1H3,(H,19,21). The molecule has 1 aliphatic heterocycles. The number of piperidine rings is 1. The minimum atomic E-state index is -0.278. The number of aryl methyl sites for hydroxylation is 1. The van der Waals surface area contributed by atoms with Crippen LogP contribution in [-0.2, 0) is 11.2 Å². The van der Waals surface area contributed by atoms with Crippen LogP contribution >= 0.6 is 0 Å². The second-order valence-electron chi connectivity index (χ2n) is 5.90. The summed E-state index contributed by atoms with van der Waals surface area (Å²) in [6.45, 7) is 4.05. The largest absolute Gasteiger partial charge is 0.396 e. The molecule has 0 spiro atoms. The minimum Gasteiger partial charge on any atom is -0.396 e. The minimum absolute atomic E-state index is 0.122. The van der Waals surface area contributed by atoms with Gasteiger partial charge in [-0.05, 0) is 56.3 Å². The van der Waals surface area contributed by atoms with Crippen molar-refractivity contribution in [1.29, 1.82) is 0 Å². The highest BCUT2D eigenvalue weighted by Gasteiger charge is 2.37. The van der Waals surface area contributed by atoms with Crippen molar-refractivity contribution in [3.63, 3.8) is 0 Å². The zero-order valence-electron chi connectivity index (χ0n) is 12.8. The lowest BCUT2D eigenvalue weighted by Crippen LogP contribution is -2.47. The van der Waals surface area contributed by atoms with E-state index in [9.17, 15) is 4.79 Å². The fourth-order valence-electron chi connectivity index (χ4n) is 2.98. The molecule has 1 aromatic carbocycles. The van der Waals surface area contributed by atoms with E-state index in [1.54, 1.807) is 0 Å². The van der Waals surface area contributed by atoms with E-state index in [-0.39, 0.29) is 17.9 Å². The van der Waals surface area contributed by atoms with E-state index in [1.807, 2.05) is 24.3 Å². The van der Waals surface area contributed by atoms with Gasteiger partial charge in [0, 0.05) is 18.8 Å². The second-order valence-corrected chi connectivity index (χ2v) is 5.90. The fourth-order valence-corrected chi connectivity index (χ4v) is 2.98. The Morgan fingerprint density at radius 1 is 1.48 bits per heavy atom. The summed E-state index contributed by atoms with van der Waals surface area (Å²) in [7, 11) is 0.